The van der Waals surface area contributed by atoms with E-state index in [2.05, 4.69) is 57.3 Å². The maximum absolute atomic E-state index is 3.59. The molecule has 0 aliphatic rings. The van der Waals surface area contributed by atoms with Crippen LogP contribution < -0.4 is 5.32 Å². The van der Waals surface area contributed by atoms with E-state index in [4.69, 9.17) is 0 Å². The van der Waals surface area contributed by atoms with Gasteiger partial charge in [0.15, 0.2) is 0 Å². The van der Waals surface area contributed by atoms with Crippen LogP contribution in [0.4, 0.5) is 0 Å². The van der Waals surface area contributed by atoms with Crippen molar-refractivity contribution in [3.8, 4) is 0 Å². The molecule has 0 saturated carbocycles. The van der Waals surface area contributed by atoms with Crippen molar-refractivity contribution in [1.82, 2.24) is 5.32 Å². The number of hydrogen-bond acceptors (Lipinski definition) is 1. The summed E-state index contributed by atoms with van der Waals surface area (Å²) in [7, 11) is 0. The molecule has 0 spiro atoms. The molecule has 0 radical (unpaired) electrons. The Morgan fingerprint density at radius 1 is 1.06 bits per heavy atom. The third-order valence-electron chi connectivity index (χ3n) is 3.36. The van der Waals surface area contributed by atoms with Gasteiger partial charge in [-0.2, -0.15) is 0 Å². The Bertz CT molecular complexity index is 289. The third kappa shape index (κ3) is 3.97. The summed E-state index contributed by atoms with van der Waals surface area (Å²) < 4.78 is 0. The fourth-order valence-corrected chi connectivity index (χ4v) is 1.68. The summed E-state index contributed by atoms with van der Waals surface area (Å²) in [5.74, 6) is 0.761. The van der Waals surface area contributed by atoms with Crippen LogP contribution in [0.5, 0.6) is 0 Å². The van der Waals surface area contributed by atoms with Crippen molar-refractivity contribution >= 4 is 0 Å². The first-order chi connectivity index (χ1) is 7.67. The SMILES string of the molecule is CCc1ccc(C(C)NCC(C)CC)cc1. The lowest BCUT2D eigenvalue weighted by atomic mass is 10.0. The van der Waals surface area contributed by atoms with Crippen molar-refractivity contribution in [2.24, 2.45) is 5.92 Å². The van der Waals surface area contributed by atoms with Crippen LogP contribution in [-0.4, -0.2) is 6.54 Å². The van der Waals surface area contributed by atoms with Crippen molar-refractivity contribution in [1.29, 1.82) is 0 Å². The molecule has 1 aromatic carbocycles. The normalized spacial score (nSPS) is 14.8. The van der Waals surface area contributed by atoms with E-state index < -0.39 is 0 Å². The van der Waals surface area contributed by atoms with Gasteiger partial charge in [-0.05, 0) is 36.9 Å². The Hall–Kier alpha value is -0.820. The fraction of sp³-hybridized carbons (Fsp3) is 0.600. The first-order valence-electron chi connectivity index (χ1n) is 6.49. The van der Waals surface area contributed by atoms with Crippen LogP contribution in [0, 0.1) is 5.92 Å². The summed E-state index contributed by atoms with van der Waals surface area (Å²) in [6, 6.07) is 9.41. The Kier molecular flexibility index (Phi) is 5.54. The van der Waals surface area contributed by atoms with E-state index in [1.165, 1.54) is 17.5 Å². The molecule has 1 N–H and O–H groups in total. The van der Waals surface area contributed by atoms with Crippen LogP contribution in [0.2, 0.25) is 0 Å². The van der Waals surface area contributed by atoms with Gasteiger partial charge in [-0.15, -0.1) is 0 Å². The number of nitrogens with one attached hydrogen (secondary N) is 1. The minimum absolute atomic E-state index is 0.458. The minimum Gasteiger partial charge on any atom is -0.310 e. The highest BCUT2D eigenvalue weighted by atomic mass is 14.9. The number of rotatable bonds is 6. The summed E-state index contributed by atoms with van der Waals surface area (Å²) >= 11 is 0. The van der Waals surface area contributed by atoms with Crippen LogP contribution in [0.15, 0.2) is 24.3 Å². The van der Waals surface area contributed by atoms with Gasteiger partial charge in [-0.25, -0.2) is 0 Å². The Labute approximate surface area is 100 Å². The van der Waals surface area contributed by atoms with Crippen molar-refractivity contribution in [2.75, 3.05) is 6.54 Å². The summed E-state index contributed by atoms with van der Waals surface area (Å²) in [4.78, 5) is 0. The number of aryl methyl sites for hydroxylation is 1. The summed E-state index contributed by atoms with van der Waals surface area (Å²) in [5.41, 5.74) is 2.80. The molecule has 1 heteroatoms. The lowest BCUT2D eigenvalue weighted by Gasteiger charge is -2.17. The van der Waals surface area contributed by atoms with Crippen molar-refractivity contribution < 1.29 is 0 Å². The van der Waals surface area contributed by atoms with Gasteiger partial charge in [0, 0.05) is 6.04 Å². The second kappa shape index (κ2) is 6.70. The summed E-state index contributed by atoms with van der Waals surface area (Å²) in [6.45, 7) is 10.1. The fourth-order valence-electron chi connectivity index (χ4n) is 1.68. The quantitative estimate of drug-likeness (QED) is 0.764. The molecule has 1 nitrogen and oxygen atoms in total. The Balaban J connectivity index is 2.49. The predicted molar refractivity (Wildman–Crippen MR) is 71.7 cm³/mol. The first-order valence-corrected chi connectivity index (χ1v) is 6.49. The van der Waals surface area contributed by atoms with Gasteiger partial charge in [-0.3, -0.25) is 0 Å². The van der Waals surface area contributed by atoms with Gasteiger partial charge >= 0.3 is 0 Å². The largest absolute Gasteiger partial charge is 0.310 e. The average Bonchev–Trinajstić information content (AvgIpc) is 2.35. The van der Waals surface area contributed by atoms with Crippen LogP contribution in [0.3, 0.4) is 0 Å². The van der Waals surface area contributed by atoms with Crippen molar-refractivity contribution in [2.45, 2.75) is 46.6 Å². The van der Waals surface area contributed by atoms with Crippen LogP contribution in [0.1, 0.15) is 51.3 Å². The van der Waals surface area contributed by atoms with E-state index in [1.54, 1.807) is 0 Å². The maximum Gasteiger partial charge on any atom is 0.0291 e. The molecule has 0 aliphatic carbocycles. The van der Waals surface area contributed by atoms with Gasteiger partial charge in [0.25, 0.3) is 0 Å². The zero-order chi connectivity index (χ0) is 12.0. The number of hydrogen-bond donors (Lipinski definition) is 1. The van der Waals surface area contributed by atoms with Gasteiger partial charge < -0.3 is 5.32 Å². The molecule has 0 aliphatic heterocycles. The van der Waals surface area contributed by atoms with Crippen LogP contribution in [0.25, 0.3) is 0 Å². The summed E-state index contributed by atoms with van der Waals surface area (Å²) in [6.07, 6.45) is 2.36. The number of benzene rings is 1. The van der Waals surface area contributed by atoms with E-state index in [1.807, 2.05) is 0 Å². The van der Waals surface area contributed by atoms with Crippen molar-refractivity contribution in [3.05, 3.63) is 35.4 Å². The summed E-state index contributed by atoms with van der Waals surface area (Å²) in [5, 5.41) is 3.59. The topological polar surface area (TPSA) is 12.0 Å². The molecular weight excluding hydrogens is 194 g/mol. The Morgan fingerprint density at radius 3 is 2.19 bits per heavy atom. The molecule has 0 aromatic heterocycles. The second-order valence-corrected chi connectivity index (χ2v) is 4.74. The van der Waals surface area contributed by atoms with Crippen molar-refractivity contribution in [3.63, 3.8) is 0 Å². The molecule has 0 amide bonds. The lowest BCUT2D eigenvalue weighted by Crippen LogP contribution is -2.24. The average molecular weight is 219 g/mol. The highest BCUT2D eigenvalue weighted by Crippen LogP contribution is 2.14. The molecule has 1 rings (SSSR count). The highest BCUT2D eigenvalue weighted by Gasteiger charge is 2.06. The molecule has 2 unspecified atom stereocenters. The maximum atomic E-state index is 3.59. The van der Waals surface area contributed by atoms with Gasteiger partial charge in [0.2, 0.25) is 0 Å². The zero-order valence-electron chi connectivity index (χ0n) is 11.1. The van der Waals surface area contributed by atoms with Gasteiger partial charge in [0.05, 0.1) is 0 Å². The van der Waals surface area contributed by atoms with E-state index in [0.717, 1.165) is 18.9 Å². The molecule has 0 saturated heterocycles. The molecule has 90 valence electrons. The van der Waals surface area contributed by atoms with Gasteiger partial charge in [-0.1, -0.05) is 51.5 Å². The van der Waals surface area contributed by atoms with E-state index >= 15 is 0 Å². The molecule has 1 aromatic rings. The lowest BCUT2D eigenvalue weighted by molar-refractivity contribution is 0.461. The monoisotopic (exact) mass is 219 g/mol. The van der Waals surface area contributed by atoms with Crippen LogP contribution in [-0.2, 0) is 6.42 Å². The molecule has 0 heterocycles. The molecule has 2 atom stereocenters. The van der Waals surface area contributed by atoms with E-state index in [9.17, 15) is 0 Å². The highest BCUT2D eigenvalue weighted by molar-refractivity contribution is 5.24. The standard InChI is InChI=1S/C15H25N/c1-5-12(3)11-16-13(4)15-9-7-14(6-2)8-10-15/h7-10,12-13,16H,5-6,11H2,1-4H3. The minimum atomic E-state index is 0.458. The Morgan fingerprint density at radius 2 is 1.69 bits per heavy atom. The molecular formula is C15H25N. The molecule has 16 heavy (non-hydrogen) atoms. The smallest absolute Gasteiger partial charge is 0.0291 e. The second-order valence-electron chi connectivity index (χ2n) is 4.74. The zero-order valence-corrected chi connectivity index (χ0v) is 11.1. The molecule has 0 bridgehead atoms. The first kappa shape index (κ1) is 13.2. The van der Waals surface area contributed by atoms with E-state index in [0.29, 0.717) is 6.04 Å². The molecule has 0 fully saturated rings. The third-order valence-corrected chi connectivity index (χ3v) is 3.36. The van der Waals surface area contributed by atoms with Gasteiger partial charge in [0.1, 0.15) is 0 Å². The van der Waals surface area contributed by atoms with Crippen LogP contribution >= 0.6 is 0 Å². The van der Waals surface area contributed by atoms with E-state index in [-0.39, 0.29) is 0 Å². The predicted octanol–water partition coefficient (Wildman–Crippen LogP) is 3.95.